The summed E-state index contributed by atoms with van der Waals surface area (Å²) in [5.74, 6) is 0.104. The molecule has 0 unspecified atom stereocenters. The molecule has 3 aromatic rings. The number of likely N-dealkylation sites (N-methyl/N-ethyl adjacent to an activating group) is 1. The summed E-state index contributed by atoms with van der Waals surface area (Å²) < 4.78 is 1.04. The number of amides is 1. The van der Waals surface area contributed by atoms with Gasteiger partial charge in [0.15, 0.2) is 0 Å². The highest BCUT2D eigenvalue weighted by Gasteiger charge is 2.23. The lowest BCUT2D eigenvalue weighted by atomic mass is 10.2. The molecular weight excluding hydrogens is 342 g/mol. The van der Waals surface area contributed by atoms with Crippen molar-refractivity contribution in [2.75, 3.05) is 32.7 Å². The van der Waals surface area contributed by atoms with Gasteiger partial charge < -0.3 is 9.80 Å². The quantitative estimate of drug-likeness (QED) is 0.651. The number of fused-ring (bicyclic) bond motifs is 3. The molecule has 124 valence electrons. The molecule has 24 heavy (non-hydrogen) atoms. The molecule has 4 rings (SSSR count). The predicted molar refractivity (Wildman–Crippen MR) is 100 cm³/mol. The molecule has 0 bridgehead atoms. The first kappa shape index (κ1) is 15.8. The Hall–Kier alpha value is -1.69. The average molecular weight is 360 g/mol. The van der Waals surface area contributed by atoms with Gasteiger partial charge >= 0.3 is 0 Å². The summed E-state index contributed by atoms with van der Waals surface area (Å²) in [5.41, 5.74) is 0.868. The molecular formula is C18H18ClN3OS. The van der Waals surface area contributed by atoms with Crippen molar-refractivity contribution in [3.63, 3.8) is 0 Å². The van der Waals surface area contributed by atoms with Gasteiger partial charge in [-0.2, -0.15) is 0 Å². The van der Waals surface area contributed by atoms with E-state index in [9.17, 15) is 4.79 Å². The standard InChI is InChI=1S/C18H18ClN3OS/c1-2-21-7-9-22(10-8-21)18(23)15-11-13-16(24-15)12-5-3-4-6-14(12)20-17(13)19/h3-6,11H,2,7-10H2,1H3. The molecule has 0 saturated carbocycles. The van der Waals surface area contributed by atoms with Crippen LogP contribution in [-0.4, -0.2) is 53.4 Å². The molecule has 1 amide bonds. The fourth-order valence-electron chi connectivity index (χ4n) is 3.20. The molecule has 1 aromatic carbocycles. The minimum absolute atomic E-state index is 0.104. The number of halogens is 1. The van der Waals surface area contributed by atoms with E-state index < -0.39 is 0 Å². The van der Waals surface area contributed by atoms with Crippen molar-refractivity contribution >= 4 is 49.8 Å². The average Bonchev–Trinajstić information content (AvgIpc) is 3.07. The van der Waals surface area contributed by atoms with Gasteiger partial charge in [-0.05, 0) is 18.7 Å². The van der Waals surface area contributed by atoms with Crippen LogP contribution in [0.15, 0.2) is 30.3 Å². The Morgan fingerprint density at radius 1 is 1.21 bits per heavy atom. The second-order valence-electron chi connectivity index (χ2n) is 6.00. The number of para-hydroxylation sites is 1. The Morgan fingerprint density at radius 3 is 2.71 bits per heavy atom. The molecule has 1 aliphatic rings. The second kappa shape index (κ2) is 6.31. The van der Waals surface area contributed by atoms with Crippen molar-refractivity contribution in [2.45, 2.75) is 6.92 Å². The Kier molecular flexibility index (Phi) is 4.16. The molecule has 0 radical (unpaired) electrons. The molecule has 6 heteroatoms. The van der Waals surface area contributed by atoms with Gasteiger partial charge in [0.25, 0.3) is 5.91 Å². The minimum Gasteiger partial charge on any atom is -0.335 e. The first-order valence-electron chi connectivity index (χ1n) is 8.17. The zero-order valence-corrected chi connectivity index (χ0v) is 15.0. The van der Waals surface area contributed by atoms with Crippen LogP contribution in [0.25, 0.3) is 21.0 Å². The maximum Gasteiger partial charge on any atom is 0.264 e. The van der Waals surface area contributed by atoms with Gasteiger partial charge in [0.1, 0.15) is 5.15 Å². The van der Waals surface area contributed by atoms with Crippen molar-refractivity contribution in [2.24, 2.45) is 0 Å². The molecule has 1 saturated heterocycles. The van der Waals surface area contributed by atoms with Gasteiger partial charge in [-0.1, -0.05) is 36.7 Å². The van der Waals surface area contributed by atoms with Crippen LogP contribution in [0.5, 0.6) is 0 Å². The first-order valence-corrected chi connectivity index (χ1v) is 9.36. The summed E-state index contributed by atoms with van der Waals surface area (Å²) >= 11 is 7.86. The monoisotopic (exact) mass is 359 g/mol. The summed E-state index contributed by atoms with van der Waals surface area (Å²) in [5, 5.41) is 2.39. The summed E-state index contributed by atoms with van der Waals surface area (Å²) in [6.45, 7) is 6.65. The third-order valence-electron chi connectivity index (χ3n) is 4.64. The largest absolute Gasteiger partial charge is 0.335 e. The van der Waals surface area contributed by atoms with E-state index in [2.05, 4.69) is 16.8 Å². The summed E-state index contributed by atoms with van der Waals surface area (Å²) in [7, 11) is 0. The van der Waals surface area contributed by atoms with Crippen molar-refractivity contribution in [3.05, 3.63) is 40.4 Å². The van der Waals surface area contributed by atoms with Crippen LogP contribution in [0.1, 0.15) is 16.6 Å². The van der Waals surface area contributed by atoms with Crippen LogP contribution in [-0.2, 0) is 0 Å². The topological polar surface area (TPSA) is 36.4 Å². The molecule has 0 spiro atoms. The highest BCUT2D eigenvalue weighted by Crippen LogP contribution is 2.36. The molecule has 1 fully saturated rings. The van der Waals surface area contributed by atoms with E-state index in [-0.39, 0.29) is 5.91 Å². The summed E-state index contributed by atoms with van der Waals surface area (Å²) in [6.07, 6.45) is 0. The van der Waals surface area contributed by atoms with Crippen molar-refractivity contribution in [1.29, 1.82) is 0 Å². The van der Waals surface area contributed by atoms with Gasteiger partial charge in [-0.25, -0.2) is 4.98 Å². The van der Waals surface area contributed by atoms with Crippen molar-refractivity contribution < 1.29 is 4.79 Å². The first-order chi connectivity index (χ1) is 11.7. The van der Waals surface area contributed by atoms with E-state index in [4.69, 9.17) is 11.6 Å². The third-order valence-corrected chi connectivity index (χ3v) is 6.08. The molecule has 1 aliphatic heterocycles. The van der Waals surface area contributed by atoms with E-state index in [1.165, 1.54) is 11.3 Å². The number of carbonyl (C=O) groups is 1. The summed E-state index contributed by atoms with van der Waals surface area (Å²) in [6, 6.07) is 9.82. The van der Waals surface area contributed by atoms with E-state index in [1.807, 2.05) is 35.2 Å². The van der Waals surface area contributed by atoms with Gasteiger partial charge in [-0.15, -0.1) is 11.3 Å². The zero-order valence-electron chi connectivity index (χ0n) is 13.5. The SMILES string of the molecule is CCN1CCN(C(=O)c2cc3c(Cl)nc4ccccc4c3s2)CC1. The number of piperazine rings is 1. The van der Waals surface area contributed by atoms with E-state index >= 15 is 0 Å². The number of hydrogen-bond donors (Lipinski definition) is 0. The van der Waals surface area contributed by atoms with Crippen LogP contribution in [0.3, 0.4) is 0 Å². The Balaban J connectivity index is 1.71. The molecule has 3 heterocycles. The van der Waals surface area contributed by atoms with Gasteiger partial charge in [-0.3, -0.25) is 4.79 Å². The van der Waals surface area contributed by atoms with Gasteiger partial charge in [0.05, 0.1) is 10.4 Å². The fraction of sp³-hybridized carbons (Fsp3) is 0.333. The lowest BCUT2D eigenvalue weighted by molar-refractivity contribution is 0.0648. The number of benzene rings is 1. The van der Waals surface area contributed by atoms with Crippen LogP contribution in [0.4, 0.5) is 0 Å². The van der Waals surface area contributed by atoms with Crippen LogP contribution in [0, 0.1) is 0 Å². The highest BCUT2D eigenvalue weighted by atomic mass is 35.5. The number of hydrogen-bond acceptors (Lipinski definition) is 4. The normalized spacial score (nSPS) is 16.2. The Bertz CT molecular complexity index is 915. The maximum absolute atomic E-state index is 12.9. The van der Waals surface area contributed by atoms with E-state index in [1.54, 1.807) is 0 Å². The molecule has 0 atom stereocenters. The number of rotatable bonds is 2. The van der Waals surface area contributed by atoms with Crippen molar-refractivity contribution in [1.82, 2.24) is 14.8 Å². The molecule has 2 aromatic heterocycles. The molecule has 4 nitrogen and oxygen atoms in total. The minimum atomic E-state index is 0.104. The van der Waals surface area contributed by atoms with Gasteiger partial charge in [0.2, 0.25) is 0 Å². The molecule has 0 N–H and O–H groups in total. The number of pyridine rings is 1. The molecule has 0 aliphatic carbocycles. The van der Waals surface area contributed by atoms with Crippen molar-refractivity contribution in [3.8, 4) is 0 Å². The maximum atomic E-state index is 12.9. The van der Waals surface area contributed by atoms with Gasteiger partial charge in [0, 0.05) is 41.7 Å². The number of thiophene rings is 1. The Labute approximate surface area is 149 Å². The second-order valence-corrected chi connectivity index (χ2v) is 7.41. The van der Waals surface area contributed by atoms with E-state index in [0.29, 0.717) is 5.15 Å². The van der Waals surface area contributed by atoms with Crippen LogP contribution < -0.4 is 0 Å². The number of carbonyl (C=O) groups excluding carboxylic acids is 1. The smallest absolute Gasteiger partial charge is 0.264 e. The predicted octanol–water partition coefficient (Wildman–Crippen LogP) is 3.88. The summed E-state index contributed by atoms with van der Waals surface area (Å²) in [4.78, 5) is 22.4. The zero-order chi connectivity index (χ0) is 16.7. The lowest BCUT2D eigenvalue weighted by Crippen LogP contribution is -2.48. The number of nitrogens with zero attached hydrogens (tertiary/aromatic N) is 3. The number of aromatic nitrogens is 1. The fourth-order valence-corrected chi connectivity index (χ4v) is 4.66. The van der Waals surface area contributed by atoms with Crippen LogP contribution >= 0.6 is 22.9 Å². The highest BCUT2D eigenvalue weighted by molar-refractivity contribution is 7.21. The lowest BCUT2D eigenvalue weighted by Gasteiger charge is -2.33. The third kappa shape index (κ3) is 2.66. The van der Waals surface area contributed by atoms with E-state index in [0.717, 1.165) is 58.6 Å². The van der Waals surface area contributed by atoms with Crippen LogP contribution in [0.2, 0.25) is 5.15 Å². The Morgan fingerprint density at radius 2 is 1.96 bits per heavy atom.